The summed E-state index contributed by atoms with van der Waals surface area (Å²) in [5, 5.41) is 2.78. The van der Waals surface area contributed by atoms with Gasteiger partial charge in [0.15, 0.2) is 0 Å². The normalized spacial score (nSPS) is 13.1. The van der Waals surface area contributed by atoms with E-state index in [-0.39, 0.29) is 0 Å². The predicted molar refractivity (Wildman–Crippen MR) is 103 cm³/mol. The third kappa shape index (κ3) is 5.53. The van der Waals surface area contributed by atoms with Crippen LogP contribution in [0, 0.1) is 0 Å². The van der Waals surface area contributed by atoms with E-state index < -0.39 is 11.7 Å². The van der Waals surface area contributed by atoms with E-state index in [2.05, 4.69) is 21.2 Å². The Balaban J connectivity index is 2.09. The van der Waals surface area contributed by atoms with E-state index in [1.54, 1.807) is 0 Å². The number of alkyl halides is 1. The third-order valence-electron chi connectivity index (χ3n) is 3.83. The highest BCUT2D eigenvalue weighted by Crippen LogP contribution is 2.31. The number of anilines is 1. The Morgan fingerprint density at radius 3 is 2.42 bits per heavy atom. The van der Waals surface area contributed by atoms with Gasteiger partial charge in [0.05, 0.1) is 0 Å². The topological polar surface area (TPSA) is 38.3 Å². The summed E-state index contributed by atoms with van der Waals surface area (Å²) in [6, 6.07) is 17.2. The van der Waals surface area contributed by atoms with Crippen LogP contribution < -0.4 is 5.32 Å². The van der Waals surface area contributed by atoms with Gasteiger partial charge in [-0.05, 0) is 56.0 Å². The number of ether oxygens (including phenoxy) is 1. The Kier molecular flexibility index (Phi) is 7.13. The van der Waals surface area contributed by atoms with Gasteiger partial charge < -0.3 is 4.74 Å². The number of hydrogen-bond donors (Lipinski definition) is 1. The molecule has 1 amide bonds. The molecule has 2 rings (SSSR count). The molecule has 0 saturated carbocycles. The minimum absolute atomic E-state index is 0.463. The van der Waals surface area contributed by atoms with Gasteiger partial charge in [-0.25, -0.2) is 4.79 Å². The molecule has 0 aliphatic carbocycles. The maximum atomic E-state index is 12.3. The molecule has 24 heavy (non-hydrogen) atoms. The molecule has 0 aliphatic heterocycles. The summed E-state index contributed by atoms with van der Waals surface area (Å²) >= 11 is 9.15. The maximum Gasteiger partial charge on any atom is 0.412 e. The number of unbranched alkanes of at least 4 members (excludes halogenated alkanes) is 1. The Labute approximate surface area is 156 Å². The van der Waals surface area contributed by atoms with Crippen LogP contribution in [-0.2, 0) is 10.3 Å². The zero-order valence-electron chi connectivity index (χ0n) is 13.6. The monoisotopic (exact) mass is 409 g/mol. The van der Waals surface area contributed by atoms with Crippen molar-refractivity contribution < 1.29 is 9.53 Å². The van der Waals surface area contributed by atoms with Crippen molar-refractivity contribution in [2.75, 3.05) is 11.2 Å². The standard InChI is InChI=1S/C19H21BrClNO2/c1-19(13-5-6-14-21,15-7-3-2-4-8-15)24-18(23)22-17-11-9-16(20)10-12-17/h2-4,7-12H,5-6,13-14H2,1H3,(H,22,23)/t19-/m1/s1. The molecular weight excluding hydrogens is 390 g/mol. The fourth-order valence-corrected chi connectivity index (χ4v) is 2.94. The van der Waals surface area contributed by atoms with Crippen molar-refractivity contribution in [1.29, 1.82) is 0 Å². The first-order chi connectivity index (χ1) is 11.5. The van der Waals surface area contributed by atoms with Crippen molar-refractivity contribution in [2.45, 2.75) is 31.8 Å². The lowest BCUT2D eigenvalue weighted by Gasteiger charge is -2.30. The van der Waals surface area contributed by atoms with Crippen molar-refractivity contribution in [3.63, 3.8) is 0 Å². The molecule has 0 aliphatic rings. The second kappa shape index (κ2) is 9.09. The molecule has 0 spiro atoms. The molecule has 2 aromatic rings. The maximum absolute atomic E-state index is 12.3. The number of rotatable bonds is 7. The summed E-state index contributed by atoms with van der Waals surface area (Å²) in [7, 11) is 0. The summed E-state index contributed by atoms with van der Waals surface area (Å²) in [5.74, 6) is 0.607. The van der Waals surface area contributed by atoms with Crippen LogP contribution in [0.2, 0.25) is 0 Å². The molecule has 0 saturated heterocycles. The van der Waals surface area contributed by atoms with Gasteiger partial charge in [0.1, 0.15) is 5.60 Å². The molecular formula is C19H21BrClNO2. The predicted octanol–water partition coefficient (Wildman–Crippen LogP) is 6.32. The zero-order valence-corrected chi connectivity index (χ0v) is 15.9. The van der Waals surface area contributed by atoms with Gasteiger partial charge >= 0.3 is 6.09 Å². The number of hydrogen-bond acceptors (Lipinski definition) is 2. The van der Waals surface area contributed by atoms with E-state index >= 15 is 0 Å². The summed E-state index contributed by atoms with van der Waals surface area (Å²) in [4.78, 5) is 12.3. The molecule has 2 aromatic carbocycles. The molecule has 5 heteroatoms. The number of benzene rings is 2. The van der Waals surface area contributed by atoms with Gasteiger partial charge in [0.2, 0.25) is 0 Å². The molecule has 0 radical (unpaired) electrons. The van der Waals surface area contributed by atoms with Crippen molar-refractivity contribution >= 4 is 39.3 Å². The van der Waals surface area contributed by atoms with Crippen molar-refractivity contribution in [3.05, 3.63) is 64.6 Å². The smallest absolute Gasteiger partial charge is 0.412 e. The van der Waals surface area contributed by atoms with Crippen LogP contribution in [0.25, 0.3) is 0 Å². The van der Waals surface area contributed by atoms with Gasteiger partial charge in [-0.1, -0.05) is 46.3 Å². The molecule has 1 atom stereocenters. The van der Waals surface area contributed by atoms with E-state index in [4.69, 9.17) is 16.3 Å². The van der Waals surface area contributed by atoms with Crippen LogP contribution in [0.4, 0.5) is 10.5 Å². The Bertz CT molecular complexity index is 648. The summed E-state index contributed by atoms with van der Waals surface area (Å²) in [5.41, 5.74) is 0.983. The quantitative estimate of drug-likeness (QED) is 0.428. The minimum Gasteiger partial charge on any atom is -0.438 e. The number of nitrogens with one attached hydrogen (secondary N) is 1. The molecule has 0 heterocycles. The van der Waals surface area contributed by atoms with E-state index in [9.17, 15) is 4.79 Å². The van der Waals surface area contributed by atoms with Gasteiger partial charge in [0, 0.05) is 16.0 Å². The van der Waals surface area contributed by atoms with Crippen molar-refractivity contribution in [2.24, 2.45) is 0 Å². The molecule has 128 valence electrons. The first-order valence-corrected chi connectivity index (χ1v) is 9.23. The summed E-state index contributed by atoms with van der Waals surface area (Å²) in [6.07, 6.45) is 2.04. The van der Waals surface area contributed by atoms with E-state index in [0.29, 0.717) is 11.6 Å². The Hall–Kier alpha value is -1.52. The van der Waals surface area contributed by atoms with Crippen molar-refractivity contribution in [1.82, 2.24) is 0 Å². The summed E-state index contributed by atoms with van der Waals surface area (Å²) < 4.78 is 6.76. The highest BCUT2D eigenvalue weighted by atomic mass is 79.9. The Morgan fingerprint density at radius 1 is 1.12 bits per heavy atom. The van der Waals surface area contributed by atoms with Crippen LogP contribution in [0.1, 0.15) is 31.7 Å². The second-order valence-corrected chi connectivity index (χ2v) is 7.06. The average molecular weight is 411 g/mol. The van der Waals surface area contributed by atoms with Crippen LogP contribution in [0.5, 0.6) is 0 Å². The largest absolute Gasteiger partial charge is 0.438 e. The lowest BCUT2D eigenvalue weighted by molar-refractivity contribution is 0.0225. The van der Waals surface area contributed by atoms with E-state index in [0.717, 1.165) is 29.3 Å². The van der Waals surface area contributed by atoms with Gasteiger partial charge in [-0.3, -0.25) is 5.32 Å². The van der Waals surface area contributed by atoms with Gasteiger partial charge in [-0.2, -0.15) is 0 Å². The van der Waals surface area contributed by atoms with E-state index in [1.165, 1.54) is 0 Å². The highest BCUT2D eigenvalue weighted by molar-refractivity contribution is 9.10. The molecule has 0 bridgehead atoms. The van der Waals surface area contributed by atoms with Gasteiger partial charge in [-0.15, -0.1) is 11.6 Å². The SMILES string of the molecule is C[C@](CCCCCl)(OC(=O)Nc1ccc(Br)cc1)c1ccccc1. The first kappa shape index (κ1) is 18.8. The molecule has 0 fully saturated rings. The average Bonchev–Trinajstić information content (AvgIpc) is 2.58. The molecule has 3 nitrogen and oxygen atoms in total. The summed E-state index contributed by atoms with van der Waals surface area (Å²) in [6.45, 7) is 1.94. The van der Waals surface area contributed by atoms with E-state index in [1.807, 2.05) is 61.5 Å². The molecule has 0 unspecified atom stereocenters. The lowest BCUT2D eigenvalue weighted by Crippen LogP contribution is -2.31. The number of amides is 1. The van der Waals surface area contributed by atoms with Crippen LogP contribution >= 0.6 is 27.5 Å². The van der Waals surface area contributed by atoms with Crippen LogP contribution in [0.15, 0.2) is 59.1 Å². The fourth-order valence-electron chi connectivity index (χ4n) is 2.48. The highest BCUT2D eigenvalue weighted by Gasteiger charge is 2.30. The number of halogens is 2. The zero-order chi connectivity index (χ0) is 17.4. The fraction of sp³-hybridized carbons (Fsp3) is 0.316. The first-order valence-electron chi connectivity index (χ1n) is 7.90. The number of carbonyl (C=O) groups excluding carboxylic acids is 1. The Morgan fingerprint density at radius 2 is 1.79 bits per heavy atom. The lowest BCUT2D eigenvalue weighted by atomic mass is 9.90. The molecule has 0 aromatic heterocycles. The minimum atomic E-state index is -0.688. The molecule has 1 N–H and O–H groups in total. The van der Waals surface area contributed by atoms with Gasteiger partial charge in [0.25, 0.3) is 0 Å². The third-order valence-corrected chi connectivity index (χ3v) is 4.63. The van der Waals surface area contributed by atoms with Crippen LogP contribution in [-0.4, -0.2) is 12.0 Å². The second-order valence-electron chi connectivity index (χ2n) is 5.76. The van der Waals surface area contributed by atoms with Crippen molar-refractivity contribution in [3.8, 4) is 0 Å². The number of carbonyl (C=O) groups is 1. The van der Waals surface area contributed by atoms with Crippen LogP contribution in [0.3, 0.4) is 0 Å².